The minimum atomic E-state index is -10.7. The second-order valence-corrected chi connectivity index (χ2v) is 8.43. The molecule has 2 amide bonds. The van der Waals surface area contributed by atoms with Gasteiger partial charge in [0.15, 0.2) is 6.04 Å². The minimum absolute atomic E-state index is 0.165. The molecule has 1 fully saturated rings. The third kappa shape index (κ3) is 11.3. The second kappa shape index (κ2) is 8.00. The number of quaternary nitrogens is 1. The minimum Gasteiger partial charge on any atom is -0.365 e. The summed E-state index contributed by atoms with van der Waals surface area (Å²) in [5, 5.41) is 2.39. The van der Waals surface area contributed by atoms with Crippen LogP contribution in [0.15, 0.2) is 24.3 Å². The van der Waals surface area contributed by atoms with Gasteiger partial charge in [0.2, 0.25) is 0 Å². The number of rotatable bonds is 5. The van der Waals surface area contributed by atoms with Crippen LogP contribution in [0, 0.1) is 0 Å². The Kier molecular flexibility index (Phi) is 6.97. The van der Waals surface area contributed by atoms with Gasteiger partial charge in [0.05, 0.1) is 6.54 Å². The summed E-state index contributed by atoms with van der Waals surface area (Å²) in [6.45, 7) is 1.52. The Morgan fingerprint density at radius 2 is 1.82 bits per heavy atom. The zero-order valence-electron chi connectivity index (χ0n) is 14.2. The molecule has 0 aromatic heterocycles. The zero-order valence-corrected chi connectivity index (χ0v) is 15.8. The summed E-state index contributed by atoms with van der Waals surface area (Å²) >= 11 is 5.08. The number of nitrogens with two attached hydrogens (primary N) is 1. The summed E-state index contributed by atoms with van der Waals surface area (Å²) in [5.74, 6) is -1.17. The standard InChI is InChI=1S/C14H17ClFN3O2.F6P/c15-12(16)14(21)18-10-4-1-3-9(7-10)8-19-6-2-5-11(19)13(17)20;1-7(2,3,4,5)6/h1,3-4,7,11-12H,2,5-6,8H2,(H2,17,20)(H,18,21);/q;-1/p+1. The molecular formula is C14H18ClF7N3O2P. The number of benzene rings is 1. The maximum atomic E-state index is 12.6. The number of halogens is 8. The summed E-state index contributed by atoms with van der Waals surface area (Å²) in [6, 6.07) is 6.90. The number of hydrogen-bond acceptors (Lipinski definition) is 2. The first-order chi connectivity index (χ1) is 12.4. The molecule has 5 nitrogen and oxygen atoms in total. The van der Waals surface area contributed by atoms with E-state index in [0.29, 0.717) is 12.2 Å². The van der Waals surface area contributed by atoms with Gasteiger partial charge in [-0.3, -0.25) is 9.59 Å². The number of carbonyl (C=O) groups is 2. The average Bonchev–Trinajstić information content (AvgIpc) is 2.92. The summed E-state index contributed by atoms with van der Waals surface area (Å²) in [4.78, 5) is 23.7. The maximum absolute atomic E-state index is 12.6. The zero-order chi connectivity index (χ0) is 21.8. The fourth-order valence-electron chi connectivity index (χ4n) is 2.68. The van der Waals surface area contributed by atoms with Crippen LogP contribution in [-0.2, 0) is 16.1 Å². The van der Waals surface area contributed by atoms with Gasteiger partial charge >= 0.3 is 33.0 Å². The summed E-state index contributed by atoms with van der Waals surface area (Å²) in [5.41, 5.74) is 4.75. The van der Waals surface area contributed by atoms with Crippen LogP contribution in [0.5, 0.6) is 0 Å². The van der Waals surface area contributed by atoms with Crippen molar-refractivity contribution in [2.45, 2.75) is 31.1 Å². The van der Waals surface area contributed by atoms with Crippen molar-refractivity contribution in [2.24, 2.45) is 5.73 Å². The molecule has 2 rings (SSSR count). The predicted octanol–water partition coefficient (Wildman–Crippen LogP) is 3.57. The number of likely N-dealkylation sites (tertiary alicyclic amines) is 1. The fraction of sp³-hybridized carbons (Fsp3) is 0.429. The molecule has 0 radical (unpaired) electrons. The van der Waals surface area contributed by atoms with Crippen LogP contribution in [0.25, 0.3) is 0 Å². The third-order valence-electron chi connectivity index (χ3n) is 3.65. The number of amides is 2. The molecule has 3 unspecified atom stereocenters. The van der Waals surface area contributed by atoms with Crippen LogP contribution in [0.3, 0.4) is 0 Å². The normalized spacial score (nSPS) is 22.9. The number of hydrogen-bond donors (Lipinski definition) is 3. The Labute approximate surface area is 160 Å². The van der Waals surface area contributed by atoms with Crippen LogP contribution in [-0.4, -0.2) is 30.0 Å². The van der Waals surface area contributed by atoms with E-state index in [2.05, 4.69) is 5.32 Å². The molecule has 1 aliphatic rings. The molecular weight excluding hydrogens is 442 g/mol. The Bertz CT molecular complexity index is 720. The van der Waals surface area contributed by atoms with Crippen molar-refractivity contribution >= 4 is 36.9 Å². The van der Waals surface area contributed by atoms with E-state index in [1.807, 2.05) is 6.07 Å². The second-order valence-electron chi connectivity index (χ2n) is 6.13. The van der Waals surface area contributed by atoms with E-state index >= 15 is 0 Å². The molecule has 1 aromatic rings. The van der Waals surface area contributed by atoms with Gasteiger partial charge in [-0.05, 0) is 12.1 Å². The molecule has 0 aliphatic carbocycles. The number of primary amides is 1. The van der Waals surface area contributed by atoms with E-state index in [1.54, 1.807) is 18.2 Å². The summed E-state index contributed by atoms with van der Waals surface area (Å²) in [6.07, 6.45) is 1.77. The van der Waals surface area contributed by atoms with E-state index < -0.39 is 19.3 Å². The molecule has 4 N–H and O–H groups in total. The van der Waals surface area contributed by atoms with E-state index in [4.69, 9.17) is 17.3 Å². The molecule has 1 heterocycles. The Morgan fingerprint density at radius 1 is 1.25 bits per heavy atom. The maximum Gasteiger partial charge on any atom is 0.275 e. The summed E-state index contributed by atoms with van der Waals surface area (Å²) in [7, 11) is -10.7. The van der Waals surface area contributed by atoms with Crippen molar-refractivity contribution in [2.75, 3.05) is 11.9 Å². The van der Waals surface area contributed by atoms with E-state index in [9.17, 15) is 39.2 Å². The van der Waals surface area contributed by atoms with Crippen molar-refractivity contribution in [1.29, 1.82) is 0 Å². The van der Waals surface area contributed by atoms with Gasteiger partial charge in [-0.2, -0.15) is 0 Å². The van der Waals surface area contributed by atoms with Crippen LogP contribution < -0.4 is 16.0 Å². The number of carbonyl (C=O) groups excluding carboxylic acids is 2. The topological polar surface area (TPSA) is 76.6 Å². The molecule has 0 spiro atoms. The first kappa shape index (κ1) is 24.4. The smallest absolute Gasteiger partial charge is 0.275 e. The van der Waals surface area contributed by atoms with E-state index in [-0.39, 0.29) is 11.9 Å². The number of anilines is 1. The first-order valence-electron chi connectivity index (χ1n) is 7.80. The van der Waals surface area contributed by atoms with Gasteiger partial charge in [0, 0.05) is 24.1 Å². The molecule has 1 saturated heterocycles. The molecule has 162 valence electrons. The monoisotopic (exact) mass is 459 g/mol. The van der Waals surface area contributed by atoms with Crippen molar-refractivity contribution in [3.8, 4) is 0 Å². The molecule has 0 saturated carbocycles. The van der Waals surface area contributed by atoms with Crippen LogP contribution in [0.1, 0.15) is 18.4 Å². The van der Waals surface area contributed by atoms with Gasteiger partial charge < -0.3 is 16.0 Å². The first-order valence-corrected chi connectivity index (χ1v) is 10.3. The molecule has 1 aromatic carbocycles. The van der Waals surface area contributed by atoms with Crippen LogP contribution >= 0.6 is 19.4 Å². The Hall–Kier alpha value is -1.65. The van der Waals surface area contributed by atoms with Gasteiger partial charge in [0.1, 0.15) is 6.54 Å². The third-order valence-corrected chi connectivity index (χ3v) is 3.85. The molecule has 3 atom stereocenters. The quantitative estimate of drug-likeness (QED) is 0.358. The average molecular weight is 460 g/mol. The van der Waals surface area contributed by atoms with E-state index in [1.165, 1.54) is 0 Å². The molecule has 0 bridgehead atoms. The van der Waals surface area contributed by atoms with Crippen molar-refractivity contribution < 1.29 is 44.1 Å². The molecule has 28 heavy (non-hydrogen) atoms. The van der Waals surface area contributed by atoms with Gasteiger partial charge in [-0.1, -0.05) is 23.7 Å². The predicted molar refractivity (Wildman–Crippen MR) is 91.1 cm³/mol. The Morgan fingerprint density at radius 3 is 2.32 bits per heavy atom. The van der Waals surface area contributed by atoms with Gasteiger partial charge in [-0.15, -0.1) is 0 Å². The fourth-order valence-corrected chi connectivity index (χ4v) is 2.74. The van der Waals surface area contributed by atoms with Crippen molar-refractivity contribution in [3.63, 3.8) is 0 Å². The SMILES string of the molecule is F[P-](F)(F)(F)(F)F.NC(=O)C1CCC[NH+]1Cc1cccc(NC(=O)C(F)Cl)c1. The Balaban J connectivity index is 0.000000480. The van der Waals surface area contributed by atoms with Gasteiger partial charge in [-0.25, -0.2) is 4.39 Å². The van der Waals surface area contributed by atoms with Crippen molar-refractivity contribution in [3.05, 3.63) is 29.8 Å². The van der Waals surface area contributed by atoms with Gasteiger partial charge in [0.25, 0.3) is 17.4 Å². The number of nitrogens with one attached hydrogen (secondary N) is 2. The largest absolute Gasteiger partial charge is 0.365 e. The molecule has 14 heteroatoms. The molecule has 1 aliphatic heterocycles. The number of alkyl halides is 2. The van der Waals surface area contributed by atoms with Crippen LogP contribution in [0.2, 0.25) is 0 Å². The van der Waals surface area contributed by atoms with Crippen molar-refractivity contribution in [1.82, 2.24) is 0 Å². The van der Waals surface area contributed by atoms with E-state index in [0.717, 1.165) is 29.8 Å². The van der Waals surface area contributed by atoms with Crippen LogP contribution in [0.4, 0.5) is 35.3 Å². The summed E-state index contributed by atoms with van der Waals surface area (Å²) < 4.78 is 71.8.